The molecule has 0 aromatic heterocycles. The normalized spacial score (nSPS) is 24.6. The molecule has 1 saturated heterocycles. The van der Waals surface area contributed by atoms with E-state index < -0.39 is 0 Å². The van der Waals surface area contributed by atoms with Gasteiger partial charge in [-0.25, -0.2) is 0 Å². The van der Waals surface area contributed by atoms with Crippen molar-refractivity contribution < 1.29 is 0 Å². The molecule has 1 N–H and O–H groups in total. The minimum absolute atomic E-state index is 0.323. The number of aliphatic imine (C=N–C) groups is 1. The lowest BCUT2D eigenvalue weighted by atomic mass is 9.91. The van der Waals surface area contributed by atoms with E-state index in [0.717, 1.165) is 41.4 Å². The summed E-state index contributed by atoms with van der Waals surface area (Å²) >= 11 is 6.93. The maximum Gasteiger partial charge on any atom is 0.0629 e. The average Bonchev–Trinajstić information content (AvgIpc) is 2.88. The van der Waals surface area contributed by atoms with Crippen molar-refractivity contribution in [3.05, 3.63) is 83.0 Å². The Morgan fingerprint density at radius 1 is 1.04 bits per heavy atom. The first kappa shape index (κ1) is 18.0. The highest BCUT2D eigenvalue weighted by Gasteiger charge is 2.36. The van der Waals surface area contributed by atoms with Gasteiger partial charge in [-0.2, -0.15) is 0 Å². The highest BCUT2D eigenvalue weighted by Crippen LogP contribution is 2.41. The summed E-state index contributed by atoms with van der Waals surface area (Å²) in [7, 11) is 2.19. The highest BCUT2D eigenvalue weighted by molar-refractivity contribution is 6.34. The Bertz CT molecular complexity index is 871. The quantitative estimate of drug-likeness (QED) is 0.702. The molecule has 27 heavy (non-hydrogen) atoms. The number of benzene rings is 2. The number of nitrogens with zero attached hydrogens (tertiary/aromatic N) is 2. The molecule has 4 heteroatoms. The van der Waals surface area contributed by atoms with Gasteiger partial charge in [-0.1, -0.05) is 48.0 Å². The molecule has 2 aromatic rings. The summed E-state index contributed by atoms with van der Waals surface area (Å²) in [5, 5.41) is 4.26. The van der Waals surface area contributed by atoms with Crippen LogP contribution in [0.4, 0.5) is 11.4 Å². The third-order valence-electron chi connectivity index (χ3n) is 5.41. The third kappa shape index (κ3) is 4.00. The summed E-state index contributed by atoms with van der Waals surface area (Å²) in [4.78, 5) is 7.09. The first-order valence-electron chi connectivity index (χ1n) is 9.43. The van der Waals surface area contributed by atoms with Crippen LogP contribution < -0.4 is 5.32 Å². The van der Waals surface area contributed by atoms with Gasteiger partial charge >= 0.3 is 0 Å². The van der Waals surface area contributed by atoms with Crippen LogP contribution in [0.5, 0.6) is 0 Å². The van der Waals surface area contributed by atoms with Crippen LogP contribution in [-0.2, 0) is 0 Å². The van der Waals surface area contributed by atoms with Gasteiger partial charge in [0.25, 0.3) is 0 Å². The summed E-state index contributed by atoms with van der Waals surface area (Å²) in [5.74, 6) is 0.442. The molecule has 2 heterocycles. The van der Waals surface area contributed by atoms with E-state index in [1.54, 1.807) is 0 Å². The molecule has 2 aromatic carbocycles. The molecule has 2 bridgehead atoms. The maximum atomic E-state index is 6.93. The molecule has 3 nitrogen and oxygen atoms in total. The van der Waals surface area contributed by atoms with Crippen LogP contribution in [0.2, 0.25) is 0 Å². The van der Waals surface area contributed by atoms with Gasteiger partial charge in [0.15, 0.2) is 0 Å². The zero-order chi connectivity index (χ0) is 18.6. The zero-order valence-electron chi connectivity index (χ0n) is 15.5. The second-order valence-corrected chi connectivity index (χ2v) is 7.58. The van der Waals surface area contributed by atoms with E-state index in [2.05, 4.69) is 40.6 Å². The fourth-order valence-electron chi connectivity index (χ4n) is 3.96. The molecular formula is C23H24ClN3. The molecule has 0 radical (unpaired) electrons. The van der Waals surface area contributed by atoms with E-state index in [1.165, 1.54) is 5.57 Å². The molecule has 3 aliphatic rings. The third-order valence-corrected chi connectivity index (χ3v) is 5.85. The largest absolute Gasteiger partial charge is 0.361 e. The minimum atomic E-state index is 0.323. The van der Waals surface area contributed by atoms with Crippen LogP contribution in [0.25, 0.3) is 0 Å². The fourth-order valence-corrected chi connectivity index (χ4v) is 4.35. The van der Waals surface area contributed by atoms with Crippen molar-refractivity contribution in [3.8, 4) is 0 Å². The topological polar surface area (TPSA) is 27.6 Å². The molecule has 138 valence electrons. The Morgan fingerprint density at radius 2 is 1.74 bits per heavy atom. The molecule has 1 aliphatic carbocycles. The van der Waals surface area contributed by atoms with Gasteiger partial charge in [-0.05, 0) is 55.6 Å². The van der Waals surface area contributed by atoms with Crippen molar-refractivity contribution in [2.45, 2.75) is 18.9 Å². The van der Waals surface area contributed by atoms with E-state index in [-0.39, 0.29) is 0 Å². The number of likely N-dealkylation sites (N-methyl/N-ethyl adjacent to an activating group) is 1. The van der Waals surface area contributed by atoms with Gasteiger partial charge in [0.2, 0.25) is 0 Å². The molecule has 0 spiro atoms. The standard InChI is InChI=1S/C23H24ClN3/c1-27-16-17-12-13-22(27)21(15-26-19-10-6-3-7-11-19)23(24)20(17)14-25-18-8-4-2-5-9-18/h2-11,14-15,17,22,25H,12-13,16H2,1H3/b20-14+,26-15?. The van der Waals surface area contributed by atoms with Gasteiger partial charge in [-0.3, -0.25) is 9.89 Å². The summed E-state index contributed by atoms with van der Waals surface area (Å²) in [6, 6.07) is 20.6. The summed E-state index contributed by atoms with van der Waals surface area (Å²) in [5.41, 5.74) is 4.32. The summed E-state index contributed by atoms with van der Waals surface area (Å²) in [6.07, 6.45) is 6.30. The van der Waals surface area contributed by atoms with Crippen molar-refractivity contribution in [2.75, 3.05) is 18.9 Å². The fraction of sp³-hybridized carbons (Fsp3) is 0.261. The first-order valence-corrected chi connectivity index (χ1v) is 9.81. The number of hydrogen-bond acceptors (Lipinski definition) is 3. The van der Waals surface area contributed by atoms with E-state index >= 15 is 0 Å². The number of para-hydroxylation sites is 2. The number of hydrogen-bond donors (Lipinski definition) is 1. The highest BCUT2D eigenvalue weighted by atomic mass is 35.5. The Kier molecular flexibility index (Phi) is 5.42. The number of allylic oxidation sites excluding steroid dienone is 1. The average molecular weight is 378 g/mol. The van der Waals surface area contributed by atoms with Gasteiger partial charge in [-0.15, -0.1) is 0 Å². The Balaban J connectivity index is 1.69. The molecule has 1 fully saturated rings. The predicted octanol–water partition coefficient (Wildman–Crippen LogP) is 5.60. The smallest absolute Gasteiger partial charge is 0.0629 e. The molecule has 2 aliphatic heterocycles. The lowest BCUT2D eigenvalue weighted by Gasteiger charge is -2.34. The van der Waals surface area contributed by atoms with Crippen LogP contribution in [0.3, 0.4) is 0 Å². The molecule has 2 unspecified atom stereocenters. The van der Waals surface area contributed by atoms with Crippen molar-refractivity contribution in [2.24, 2.45) is 10.9 Å². The summed E-state index contributed by atoms with van der Waals surface area (Å²) < 4.78 is 0. The van der Waals surface area contributed by atoms with E-state index in [4.69, 9.17) is 11.6 Å². The van der Waals surface area contributed by atoms with Crippen molar-refractivity contribution >= 4 is 29.2 Å². The van der Waals surface area contributed by atoms with Crippen LogP contribution in [-0.4, -0.2) is 30.7 Å². The number of anilines is 1. The monoisotopic (exact) mass is 377 g/mol. The van der Waals surface area contributed by atoms with Gasteiger partial charge in [0.05, 0.1) is 10.7 Å². The van der Waals surface area contributed by atoms with Gasteiger partial charge < -0.3 is 5.32 Å². The van der Waals surface area contributed by atoms with Crippen molar-refractivity contribution in [3.63, 3.8) is 0 Å². The van der Waals surface area contributed by atoms with Gasteiger partial charge in [0.1, 0.15) is 0 Å². The molecule has 5 rings (SSSR count). The van der Waals surface area contributed by atoms with Crippen LogP contribution in [0, 0.1) is 5.92 Å². The van der Waals surface area contributed by atoms with Crippen molar-refractivity contribution in [1.82, 2.24) is 4.90 Å². The number of piperidine rings is 1. The number of rotatable bonds is 4. The Hall–Kier alpha value is -2.36. The van der Waals surface area contributed by atoms with Crippen molar-refractivity contribution in [1.29, 1.82) is 0 Å². The predicted molar refractivity (Wildman–Crippen MR) is 115 cm³/mol. The Labute approximate surface area is 166 Å². The van der Waals surface area contributed by atoms with Crippen LogP contribution >= 0.6 is 11.6 Å². The second kappa shape index (κ2) is 8.12. The SMILES string of the molecule is CN1CC2CCC1C(C=Nc1ccccc1)=C(Cl)/C2=C/Nc1ccccc1. The first-order chi connectivity index (χ1) is 13.2. The van der Waals surface area contributed by atoms with E-state index in [0.29, 0.717) is 12.0 Å². The van der Waals surface area contributed by atoms with Crippen LogP contribution in [0.15, 0.2) is 88.0 Å². The molecule has 2 atom stereocenters. The van der Waals surface area contributed by atoms with Crippen LogP contribution in [0.1, 0.15) is 12.8 Å². The van der Waals surface area contributed by atoms with Gasteiger partial charge in [0, 0.05) is 36.3 Å². The molecule has 0 amide bonds. The molecular weight excluding hydrogens is 354 g/mol. The number of nitrogens with one attached hydrogen (secondary N) is 1. The lowest BCUT2D eigenvalue weighted by molar-refractivity contribution is 0.188. The van der Waals surface area contributed by atoms with E-state index in [1.807, 2.05) is 54.7 Å². The summed E-state index contributed by atoms with van der Waals surface area (Å²) in [6.45, 7) is 1.02. The second-order valence-electron chi connectivity index (χ2n) is 7.20. The van der Waals surface area contributed by atoms with E-state index in [9.17, 15) is 0 Å². The minimum Gasteiger partial charge on any atom is -0.361 e. The molecule has 0 saturated carbocycles. The zero-order valence-corrected chi connectivity index (χ0v) is 16.2. The number of fused-ring (bicyclic) bond motifs is 3. The lowest BCUT2D eigenvalue weighted by Crippen LogP contribution is -2.40. The number of halogens is 1. The maximum absolute atomic E-state index is 6.93. The Morgan fingerprint density at radius 3 is 2.44 bits per heavy atom.